The van der Waals surface area contributed by atoms with Crippen molar-refractivity contribution in [2.45, 2.75) is 43.9 Å². The first-order valence-corrected chi connectivity index (χ1v) is 6.71. The van der Waals surface area contributed by atoms with Crippen LogP contribution in [0.15, 0.2) is 18.2 Å². The second-order valence-corrected chi connectivity index (χ2v) is 5.44. The number of hydrogen-bond acceptors (Lipinski definition) is 1. The molecular weight excluding hydrogens is 237 g/mol. The molecule has 1 nitrogen and oxygen atoms in total. The molecule has 1 saturated carbocycles. The summed E-state index contributed by atoms with van der Waals surface area (Å²) in [5.74, 6) is -0.148. The summed E-state index contributed by atoms with van der Waals surface area (Å²) in [4.78, 5) is 0. The molecular formula is C14H19ClFN. The average molecular weight is 256 g/mol. The summed E-state index contributed by atoms with van der Waals surface area (Å²) in [6.45, 7) is 0.721. The van der Waals surface area contributed by atoms with Crippen molar-refractivity contribution in [3.05, 3.63) is 34.6 Å². The molecule has 0 heterocycles. The van der Waals surface area contributed by atoms with Gasteiger partial charge in [-0.3, -0.25) is 0 Å². The summed E-state index contributed by atoms with van der Waals surface area (Å²) in [7, 11) is 0. The molecule has 2 N–H and O–H groups in total. The molecule has 0 aromatic heterocycles. The molecule has 3 heteroatoms. The minimum Gasteiger partial charge on any atom is -0.330 e. The molecule has 0 saturated heterocycles. The van der Waals surface area contributed by atoms with Crippen LogP contribution in [0.2, 0.25) is 5.02 Å². The van der Waals surface area contributed by atoms with E-state index in [1.165, 1.54) is 12.5 Å². The van der Waals surface area contributed by atoms with Gasteiger partial charge in [-0.2, -0.15) is 0 Å². The summed E-state index contributed by atoms with van der Waals surface area (Å²) in [5, 5.41) is 0.475. The molecule has 1 aliphatic carbocycles. The Morgan fingerprint density at radius 2 is 2.06 bits per heavy atom. The van der Waals surface area contributed by atoms with E-state index in [2.05, 4.69) is 0 Å². The zero-order valence-corrected chi connectivity index (χ0v) is 10.8. The van der Waals surface area contributed by atoms with Gasteiger partial charge in [0, 0.05) is 5.02 Å². The van der Waals surface area contributed by atoms with E-state index in [0.717, 1.165) is 44.2 Å². The summed E-state index contributed by atoms with van der Waals surface area (Å²) < 4.78 is 14.0. The lowest BCUT2D eigenvalue weighted by Crippen LogP contribution is -2.35. The molecule has 0 aliphatic heterocycles. The second kappa shape index (κ2) is 5.36. The lowest BCUT2D eigenvalue weighted by Gasteiger charge is -2.43. The monoisotopic (exact) mass is 255 g/mol. The van der Waals surface area contributed by atoms with E-state index < -0.39 is 0 Å². The number of benzene rings is 1. The van der Waals surface area contributed by atoms with Crippen LogP contribution in [0.3, 0.4) is 0 Å². The third-order valence-corrected chi connectivity index (χ3v) is 4.16. The topological polar surface area (TPSA) is 26.0 Å². The fourth-order valence-corrected chi connectivity index (χ4v) is 2.94. The Hall–Kier alpha value is -0.600. The van der Waals surface area contributed by atoms with E-state index in [1.807, 2.05) is 6.07 Å². The lowest BCUT2D eigenvalue weighted by atomic mass is 9.62. The highest BCUT2D eigenvalue weighted by molar-refractivity contribution is 6.30. The molecule has 17 heavy (non-hydrogen) atoms. The van der Waals surface area contributed by atoms with Gasteiger partial charge in [-0.15, -0.1) is 0 Å². The predicted molar refractivity (Wildman–Crippen MR) is 69.8 cm³/mol. The molecule has 0 unspecified atom stereocenters. The van der Waals surface area contributed by atoms with Crippen molar-refractivity contribution in [3.8, 4) is 0 Å². The van der Waals surface area contributed by atoms with Crippen LogP contribution >= 0.6 is 11.6 Å². The third-order valence-electron chi connectivity index (χ3n) is 3.92. The smallest absolute Gasteiger partial charge is 0.128 e. The zero-order chi connectivity index (χ0) is 12.3. The van der Waals surface area contributed by atoms with E-state index in [1.54, 1.807) is 6.07 Å². The number of rotatable bonds is 5. The predicted octanol–water partition coefficient (Wildman–Crippen LogP) is 4.03. The van der Waals surface area contributed by atoms with Gasteiger partial charge in [0.1, 0.15) is 5.82 Å². The van der Waals surface area contributed by atoms with Gasteiger partial charge >= 0.3 is 0 Å². The van der Waals surface area contributed by atoms with E-state index in [4.69, 9.17) is 17.3 Å². The number of halogens is 2. The van der Waals surface area contributed by atoms with Crippen molar-refractivity contribution in [3.63, 3.8) is 0 Å². The first-order valence-electron chi connectivity index (χ1n) is 6.33. The van der Waals surface area contributed by atoms with Crippen molar-refractivity contribution >= 4 is 11.6 Å². The number of unbranched alkanes of at least 4 members (excludes halogenated alkanes) is 1. The van der Waals surface area contributed by atoms with Crippen molar-refractivity contribution in [1.82, 2.24) is 0 Å². The Kier molecular flexibility index (Phi) is 4.05. The molecule has 1 aromatic rings. The van der Waals surface area contributed by atoms with Crippen molar-refractivity contribution in [1.29, 1.82) is 0 Å². The molecule has 1 aliphatic rings. The highest BCUT2D eigenvalue weighted by Gasteiger charge is 2.39. The first-order chi connectivity index (χ1) is 8.18. The van der Waals surface area contributed by atoms with Gasteiger partial charge in [-0.25, -0.2) is 4.39 Å². The van der Waals surface area contributed by atoms with Gasteiger partial charge in [0.05, 0.1) is 0 Å². The Labute approximate surface area is 107 Å². The van der Waals surface area contributed by atoms with Crippen LogP contribution < -0.4 is 5.73 Å². The van der Waals surface area contributed by atoms with E-state index in [0.29, 0.717) is 5.02 Å². The van der Waals surface area contributed by atoms with E-state index >= 15 is 0 Å². The van der Waals surface area contributed by atoms with Crippen molar-refractivity contribution in [2.24, 2.45) is 5.73 Å². The standard InChI is InChI=1S/C14H19ClFN/c15-11-4-5-12(13(16)10-11)14(7-3-8-14)6-1-2-9-17/h4-5,10H,1-3,6-9,17H2. The van der Waals surface area contributed by atoms with Crippen LogP contribution in [0, 0.1) is 5.82 Å². The molecule has 0 amide bonds. The Morgan fingerprint density at radius 1 is 1.29 bits per heavy atom. The molecule has 0 bridgehead atoms. The SMILES string of the molecule is NCCCCC1(c2ccc(Cl)cc2F)CCC1. The Morgan fingerprint density at radius 3 is 2.59 bits per heavy atom. The molecule has 1 aromatic carbocycles. The molecule has 2 rings (SSSR count). The maximum atomic E-state index is 14.0. The molecule has 1 fully saturated rings. The molecule has 94 valence electrons. The fourth-order valence-electron chi connectivity index (χ4n) is 2.78. The normalized spacial score (nSPS) is 17.8. The van der Waals surface area contributed by atoms with Crippen LogP contribution in [0.5, 0.6) is 0 Å². The van der Waals surface area contributed by atoms with Crippen LogP contribution in [0.25, 0.3) is 0 Å². The molecule has 0 spiro atoms. The lowest BCUT2D eigenvalue weighted by molar-refractivity contribution is 0.212. The molecule has 0 atom stereocenters. The number of nitrogens with two attached hydrogens (primary N) is 1. The second-order valence-electron chi connectivity index (χ2n) is 5.00. The van der Waals surface area contributed by atoms with Crippen LogP contribution in [0.1, 0.15) is 44.1 Å². The van der Waals surface area contributed by atoms with Crippen LogP contribution in [-0.2, 0) is 5.41 Å². The van der Waals surface area contributed by atoms with Crippen molar-refractivity contribution < 1.29 is 4.39 Å². The summed E-state index contributed by atoms with van der Waals surface area (Å²) in [6.07, 6.45) is 6.54. The van der Waals surface area contributed by atoms with Gasteiger partial charge in [0.25, 0.3) is 0 Å². The van der Waals surface area contributed by atoms with Gasteiger partial charge in [0.15, 0.2) is 0 Å². The van der Waals surface area contributed by atoms with Gasteiger partial charge in [-0.1, -0.05) is 30.5 Å². The summed E-state index contributed by atoms with van der Waals surface area (Å²) in [6, 6.07) is 5.09. The number of hydrogen-bond donors (Lipinski definition) is 1. The minimum absolute atomic E-state index is 0.0594. The first kappa shape index (κ1) is 12.8. The highest BCUT2D eigenvalue weighted by atomic mass is 35.5. The molecule has 0 radical (unpaired) electrons. The van der Waals surface area contributed by atoms with Gasteiger partial charge in [0.2, 0.25) is 0 Å². The van der Waals surface area contributed by atoms with E-state index in [9.17, 15) is 4.39 Å². The maximum absolute atomic E-state index is 14.0. The van der Waals surface area contributed by atoms with E-state index in [-0.39, 0.29) is 11.2 Å². The van der Waals surface area contributed by atoms with Gasteiger partial charge in [-0.05, 0) is 55.3 Å². The van der Waals surface area contributed by atoms with Crippen molar-refractivity contribution in [2.75, 3.05) is 6.54 Å². The van der Waals surface area contributed by atoms with Crippen LogP contribution in [0.4, 0.5) is 4.39 Å². The highest BCUT2D eigenvalue weighted by Crippen LogP contribution is 2.48. The minimum atomic E-state index is -0.148. The fraction of sp³-hybridized carbons (Fsp3) is 0.571. The average Bonchev–Trinajstić information content (AvgIpc) is 2.23. The maximum Gasteiger partial charge on any atom is 0.128 e. The van der Waals surface area contributed by atoms with Gasteiger partial charge < -0.3 is 5.73 Å². The largest absolute Gasteiger partial charge is 0.330 e. The Bertz CT molecular complexity index is 388. The Balaban J connectivity index is 2.16. The quantitative estimate of drug-likeness (QED) is 0.790. The van der Waals surface area contributed by atoms with Crippen LogP contribution in [-0.4, -0.2) is 6.54 Å². The summed E-state index contributed by atoms with van der Waals surface area (Å²) in [5.41, 5.74) is 6.43. The third kappa shape index (κ3) is 2.63. The summed E-state index contributed by atoms with van der Waals surface area (Å²) >= 11 is 5.80. The zero-order valence-electron chi connectivity index (χ0n) is 10.0.